The summed E-state index contributed by atoms with van der Waals surface area (Å²) in [5, 5.41) is 11.2. The Kier molecular flexibility index (Phi) is 8.16. The molecule has 0 aliphatic carbocycles. The number of aryl methyl sites for hydroxylation is 1. The van der Waals surface area contributed by atoms with Crippen LogP contribution in [0.2, 0.25) is 0 Å². The van der Waals surface area contributed by atoms with Crippen LogP contribution >= 0.6 is 8.03 Å². The van der Waals surface area contributed by atoms with E-state index >= 15 is 0 Å². The Morgan fingerprint density at radius 1 is 1.12 bits per heavy atom. The van der Waals surface area contributed by atoms with Gasteiger partial charge in [0.05, 0.1) is 15.9 Å². The molecule has 0 N–H and O–H groups in total. The van der Waals surface area contributed by atoms with Crippen molar-refractivity contribution in [1.82, 2.24) is 0 Å². The van der Waals surface area contributed by atoms with Crippen LogP contribution in [-0.4, -0.2) is 17.7 Å². The lowest BCUT2D eigenvalue weighted by atomic mass is 9.98. The largest absolute Gasteiger partial charge is 0.559 e. The van der Waals surface area contributed by atoms with Gasteiger partial charge in [-0.05, 0) is 56.0 Å². The number of carbonyl (C=O) groups is 1. The van der Waals surface area contributed by atoms with E-state index in [0.717, 1.165) is 36.4 Å². The molecule has 0 fully saturated rings. The first kappa shape index (κ1) is 26.2. The van der Waals surface area contributed by atoms with Crippen molar-refractivity contribution in [3.8, 4) is 11.5 Å². The van der Waals surface area contributed by atoms with Gasteiger partial charge in [0.25, 0.3) is 0 Å². The van der Waals surface area contributed by atoms with Gasteiger partial charge in [0.1, 0.15) is 11.5 Å². The number of halogens is 3. The fourth-order valence-electron chi connectivity index (χ4n) is 2.52. The first-order chi connectivity index (χ1) is 15.2. The predicted molar refractivity (Wildman–Crippen MR) is 113 cm³/mol. The SMILES string of the molecule is CCc1cc([N+](=O)[O-])c([P+](=O)OCOC(=O)C(C)(C)C)cc1Oc1ccc(C(F)(F)F)cc1. The van der Waals surface area contributed by atoms with E-state index in [1.807, 2.05) is 0 Å². The molecule has 0 aliphatic heterocycles. The van der Waals surface area contributed by atoms with E-state index in [9.17, 15) is 32.6 Å². The van der Waals surface area contributed by atoms with Gasteiger partial charge in [0, 0.05) is 17.7 Å². The maximum Gasteiger partial charge on any atom is 0.559 e. The van der Waals surface area contributed by atoms with Crippen LogP contribution in [0.5, 0.6) is 11.5 Å². The number of carbonyl (C=O) groups excluding carboxylic acids is 1. The molecule has 1 atom stereocenters. The van der Waals surface area contributed by atoms with E-state index in [1.165, 1.54) is 0 Å². The molecule has 0 aliphatic rings. The van der Waals surface area contributed by atoms with Crippen LogP contribution in [-0.2, 0) is 31.2 Å². The van der Waals surface area contributed by atoms with E-state index in [-0.39, 0.29) is 23.2 Å². The van der Waals surface area contributed by atoms with Gasteiger partial charge in [0.15, 0.2) is 0 Å². The molecule has 0 amide bonds. The molecular formula is C21H22F3NO7P+. The summed E-state index contributed by atoms with van der Waals surface area (Å²) in [5.41, 5.74) is -1.81. The summed E-state index contributed by atoms with van der Waals surface area (Å²) in [6, 6.07) is 6.17. The smallest absolute Gasteiger partial charge is 0.457 e. The molecule has 178 valence electrons. The Morgan fingerprint density at radius 2 is 1.73 bits per heavy atom. The van der Waals surface area contributed by atoms with Gasteiger partial charge in [-0.1, -0.05) is 11.4 Å². The average molecular weight is 488 g/mol. The molecule has 2 aromatic carbocycles. The Morgan fingerprint density at radius 3 is 2.21 bits per heavy atom. The van der Waals surface area contributed by atoms with E-state index in [2.05, 4.69) is 0 Å². The third-order valence-corrected chi connectivity index (χ3v) is 5.41. The van der Waals surface area contributed by atoms with E-state index in [0.29, 0.717) is 5.56 Å². The first-order valence-electron chi connectivity index (χ1n) is 9.68. The van der Waals surface area contributed by atoms with Crippen molar-refractivity contribution in [3.05, 3.63) is 57.6 Å². The van der Waals surface area contributed by atoms with Gasteiger partial charge < -0.3 is 9.47 Å². The molecule has 0 radical (unpaired) electrons. The second-order valence-electron chi connectivity index (χ2n) is 7.87. The quantitative estimate of drug-likeness (QED) is 0.150. The number of nitrogens with zero attached hydrogens (tertiary/aromatic N) is 1. The van der Waals surface area contributed by atoms with Crippen molar-refractivity contribution in [2.24, 2.45) is 5.41 Å². The number of rotatable bonds is 8. The molecule has 1 unspecified atom stereocenters. The summed E-state index contributed by atoms with van der Waals surface area (Å²) >= 11 is 0. The van der Waals surface area contributed by atoms with Crippen LogP contribution < -0.4 is 10.0 Å². The minimum absolute atomic E-state index is 0.0488. The van der Waals surface area contributed by atoms with Gasteiger partial charge in [-0.3, -0.25) is 14.9 Å². The fraction of sp³-hybridized carbons (Fsp3) is 0.381. The van der Waals surface area contributed by atoms with Crippen molar-refractivity contribution in [2.75, 3.05) is 6.79 Å². The zero-order valence-electron chi connectivity index (χ0n) is 18.3. The van der Waals surface area contributed by atoms with Crippen LogP contribution in [0.4, 0.5) is 18.9 Å². The summed E-state index contributed by atoms with van der Waals surface area (Å²) < 4.78 is 66.4. The Hall–Kier alpha value is -3.04. The number of ether oxygens (including phenoxy) is 2. The first-order valence-corrected chi connectivity index (χ1v) is 10.9. The fourth-order valence-corrected chi connectivity index (χ4v) is 3.36. The second-order valence-corrected chi connectivity index (χ2v) is 9.12. The van der Waals surface area contributed by atoms with Crippen molar-refractivity contribution < 1.29 is 41.5 Å². The molecule has 0 saturated heterocycles. The average Bonchev–Trinajstić information content (AvgIpc) is 2.72. The zero-order chi connectivity index (χ0) is 25.0. The maximum atomic E-state index is 12.8. The molecule has 8 nitrogen and oxygen atoms in total. The molecule has 0 saturated carbocycles. The lowest BCUT2D eigenvalue weighted by Crippen LogP contribution is -2.23. The zero-order valence-corrected chi connectivity index (χ0v) is 19.2. The molecule has 12 heteroatoms. The Bertz CT molecular complexity index is 1050. The van der Waals surface area contributed by atoms with E-state index in [4.69, 9.17) is 14.0 Å². The van der Waals surface area contributed by atoms with Crippen molar-refractivity contribution in [2.45, 2.75) is 40.3 Å². The monoisotopic (exact) mass is 488 g/mol. The van der Waals surface area contributed by atoms with Crippen LogP contribution in [0, 0.1) is 15.5 Å². The second kappa shape index (κ2) is 10.3. The van der Waals surface area contributed by atoms with Crippen molar-refractivity contribution in [1.29, 1.82) is 0 Å². The van der Waals surface area contributed by atoms with Gasteiger partial charge >= 0.3 is 31.2 Å². The van der Waals surface area contributed by atoms with Crippen molar-refractivity contribution >= 4 is 25.0 Å². The molecular weight excluding hydrogens is 466 g/mol. The predicted octanol–water partition coefficient (Wildman–Crippen LogP) is 5.90. The number of benzene rings is 2. The third kappa shape index (κ3) is 6.97. The van der Waals surface area contributed by atoms with Crippen LogP contribution in [0.25, 0.3) is 0 Å². The van der Waals surface area contributed by atoms with Gasteiger partial charge in [-0.2, -0.15) is 13.2 Å². The number of alkyl halides is 3. The standard InChI is InChI=1S/C21H22F3NO7P/c1-5-13-10-16(25(27)28)18(33(29)31-12-30-19(26)20(2,3)4)11-17(13)32-15-8-6-14(7-9-15)21(22,23)24/h6-11H,5,12H2,1-4H3/q+1. The van der Waals surface area contributed by atoms with Gasteiger partial charge in [-0.25, -0.2) is 0 Å². The highest BCUT2D eigenvalue weighted by Crippen LogP contribution is 2.36. The molecule has 0 aromatic heterocycles. The van der Waals surface area contributed by atoms with Crippen molar-refractivity contribution in [3.63, 3.8) is 0 Å². The summed E-state index contributed by atoms with van der Waals surface area (Å²) in [6.45, 7) is 5.82. The highest BCUT2D eigenvalue weighted by atomic mass is 31.1. The van der Waals surface area contributed by atoms with Gasteiger partial charge in [0.2, 0.25) is 6.79 Å². The van der Waals surface area contributed by atoms with Crippen LogP contribution in [0.3, 0.4) is 0 Å². The Labute approximate surface area is 188 Å². The Balaban J connectivity index is 2.31. The topological polar surface area (TPSA) is 105 Å². The number of hydrogen-bond donors (Lipinski definition) is 0. The summed E-state index contributed by atoms with van der Waals surface area (Å²) in [4.78, 5) is 22.5. The lowest BCUT2D eigenvalue weighted by molar-refractivity contribution is -0.383. The van der Waals surface area contributed by atoms with E-state index < -0.39 is 48.6 Å². The van der Waals surface area contributed by atoms with Crippen LogP contribution in [0.15, 0.2) is 36.4 Å². The highest BCUT2D eigenvalue weighted by molar-refractivity contribution is 7.48. The number of nitro benzene ring substituents is 1. The highest BCUT2D eigenvalue weighted by Gasteiger charge is 2.36. The number of esters is 1. The summed E-state index contributed by atoms with van der Waals surface area (Å²) in [6.07, 6.45) is -4.22. The minimum Gasteiger partial charge on any atom is -0.457 e. The number of nitro groups is 1. The maximum absolute atomic E-state index is 12.8. The molecule has 33 heavy (non-hydrogen) atoms. The van der Waals surface area contributed by atoms with E-state index in [1.54, 1.807) is 27.7 Å². The molecule has 0 spiro atoms. The molecule has 2 aromatic rings. The molecule has 0 heterocycles. The normalized spacial score (nSPS) is 12.3. The summed E-state index contributed by atoms with van der Waals surface area (Å²) in [5.74, 6) is -0.502. The van der Waals surface area contributed by atoms with Gasteiger partial charge in [-0.15, -0.1) is 0 Å². The minimum atomic E-state index is -4.51. The lowest BCUT2D eigenvalue weighted by Gasteiger charge is -2.14. The van der Waals surface area contributed by atoms with Crippen LogP contribution in [0.1, 0.15) is 38.8 Å². The number of hydrogen-bond acceptors (Lipinski definition) is 7. The molecule has 2 rings (SSSR count). The third-order valence-electron chi connectivity index (χ3n) is 4.31. The summed E-state index contributed by atoms with van der Waals surface area (Å²) in [7, 11) is -2.82. The molecule has 0 bridgehead atoms.